The van der Waals surface area contributed by atoms with Crippen LogP contribution in [0.25, 0.3) is 10.2 Å². The Bertz CT molecular complexity index is 2400. The lowest BCUT2D eigenvalue weighted by atomic mass is 9.57. The van der Waals surface area contributed by atoms with E-state index in [9.17, 15) is 33.5 Å². The number of nitrogens with one attached hydrogen (secondary N) is 3. The van der Waals surface area contributed by atoms with E-state index in [0.717, 1.165) is 77.9 Å². The molecule has 13 nitrogen and oxygen atoms in total. The third-order valence-corrected chi connectivity index (χ3v) is 14.4. The Morgan fingerprint density at radius 2 is 1.75 bits per heavy atom. The van der Waals surface area contributed by atoms with Crippen LogP contribution in [0.4, 0.5) is 15.8 Å². The molecule has 5 heterocycles. The van der Waals surface area contributed by atoms with Crippen LogP contribution in [-0.2, 0) is 15.2 Å². The Kier molecular flexibility index (Phi) is 10.3. The number of aliphatic hydroxyl groups is 1. The van der Waals surface area contributed by atoms with Crippen molar-refractivity contribution < 1.29 is 33.5 Å². The molecule has 3 aliphatic heterocycles. The van der Waals surface area contributed by atoms with Crippen molar-refractivity contribution in [1.82, 2.24) is 25.1 Å². The summed E-state index contributed by atoms with van der Waals surface area (Å²) in [4.78, 5) is 76.7. The predicted octanol–water partition coefficient (Wildman–Crippen LogP) is 6.51. The van der Waals surface area contributed by atoms with Crippen molar-refractivity contribution in [3.8, 4) is 0 Å². The van der Waals surface area contributed by atoms with Crippen molar-refractivity contribution in [2.24, 2.45) is 17.3 Å². The van der Waals surface area contributed by atoms with E-state index in [2.05, 4.69) is 25.8 Å². The summed E-state index contributed by atoms with van der Waals surface area (Å²) in [6, 6.07) is 10.3. The van der Waals surface area contributed by atoms with Crippen LogP contribution in [0.1, 0.15) is 125 Å². The Hall–Kier alpha value is -5.12. The fourth-order valence-electron chi connectivity index (χ4n) is 10.4. The van der Waals surface area contributed by atoms with Gasteiger partial charge in [-0.15, -0.1) is 11.3 Å². The summed E-state index contributed by atoms with van der Waals surface area (Å²) in [5.74, 6) is -1.44. The van der Waals surface area contributed by atoms with E-state index in [0.29, 0.717) is 57.9 Å². The quantitative estimate of drug-likeness (QED) is 0.122. The number of pyridine rings is 1. The summed E-state index contributed by atoms with van der Waals surface area (Å²) in [5.41, 5.74) is 2.52. The number of hydrogen-bond donors (Lipinski definition) is 4. The lowest BCUT2D eigenvalue weighted by molar-refractivity contribution is -0.136. The average Bonchev–Trinajstić information content (AvgIpc) is 3.69. The van der Waals surface area contributed by atoms with Gasteiger partial charge in [0, 0.05) is 67.2 Å². The summed E-state index contributed by atoms with van der Waals surface area (Å²) < 4.78 is 15.0. The maximum Gasteiger partial charge on any atom is 0.274 e. The van der Waals surface area contributed by atoms with E-state index >= 15 is 0 Å². The number of carbonyl (C=O) groups excluding carboxylic acids is 5. The highest BCUT2D eigenvalue weighted by atomic mass is 32.1. The third kappa shape index (κ3) is 7.71. The highest BCUT2D eigenvalue weighted by Gasteiger charge is 2.52. The van der Waals surface area contributed by atoms with E-state index in [-0.39, 0.29) is 24.1 Å². The number of piperidine rings is 1. The maximum atomic E-state index is 14.0. The maximum absolute atomic E-state index is 14.0. The molecule has 2 aliphatic carbocycles. The van der Waals surface area contributed by atoms with Gasteiger partial charge in [0.15, 0.2) is 0 Å². The number of hydrogen-bond acceptors (Lipinski definition) is 11. The molecule has 60 heavy (non-hydrogen) atoms. The molecule has 9 rings (SSSR count). The molecule has 2 saturated heterocycles. The second kappa shape index (κ2) is 15.4. The molecular weight excluding hydrogens is 786 g/mol. The molecule has 2 aromatic heterocycles. The molecule has 4 N–H and O–H groups in total. The summed E-state index contributed by atoms with van der Waals surface area (Å²) in [7, 11) is 0. The van der Waals surface area contributed by atoms with E-state index in [1.807, 2.05) is 12.1 Å². The molecule has 5 aliphatic rings. The lowest BCUT2D eigenvalue weighted by Crippen LogP contribution is -2.63. The van der Waals surface area contributed by atoms with Crippen molar-refractivity contribution >= 4 is 62.5 Å². The van der Waals surface area contributed by atoms with Crippen molar-refractivity contribution in [1.29, 1.82) is 0 Å². The average molecular weight is 836 g/mol. The largest absolute Gasteiger partial charge is 0.386 e. The summed E-state index contributed by atoms with van der Waals surface area (Å²) >= 11 is 1.63. The summed E-state index contributed by atoms with van der Waals surface area (Å²) in [6.45, 7) is 9.06. The highest BCUT2D eigenvalue weighted by molar-refractivity contribution is 7.18. The van der Waals surface area contributed by atoms with Gasteiger partial charge < -0.3 is 20.6 Å². The van der Waals surface area contributed by atoms with Gasteiger partial charge >= 0.3 is 0 Å². The van der Waals surface area contributed by atoms with E-state index < -0.39 is 47.0 Å². The molecule has 1 spiro atoms. The van der Waals surface area contributed by atoms with Gasteiger partial charge in [-0.25, -0.2) is 14.4 Å². The van der Waals surface area contributed by atoms with Crippen LogP contribution in [-0.4, -0.2) is 86.6 Å². The van der Waals surface area contributed by atoms with Crippen LogP contribution < -0.4 is 16.0 Å². The normalized spacial score (nSPS) is 23.1. The van der Waals surface area contributed by atoms with Crippen molar-refractivity contribution in [2.75, 3.05) is 36.8 Å². The lowest BCUT2D eigenvalue weighted by Gasteiger charge is -2.60. The fraction of sp³-hybridized carbons (Fsp3) is 0.489. The molecule has 2 saturated carbocycles. The SMILES string of the molecule is Cc1cc(F)cc(C(=O)Nc2cc3sc(C4CCC(CN5CC6(CC(CCNc7cccc8c7C(=O)N(C7CCC(=O)NC7=O)C8=O)C6)C5)CC4)nc3cc2C(C)(C)O)n1. The zero-order chi connectivity index (χ0) is 42.1. The Morgan fingerprint density at radius 3 is 2.47 bits per heavy atom. The molecule has 1 atom stereocenters. The number of amides is 5. The molecule has 0 bridgehead atoms. The first-order valence-corrected chi connectivity index (χ1v) is 21.9. The van der Waals surface area contributed by atoms with Crippen LogP contribution >= 0.6 is 11.3 Å². The van der Waals surface area contributed by atoms with Gasteiger partial charge in [-0.1, -0.05) is 6.07 Å². The second-order valence-electron chi connectivity index (χ2n) is 18.3. The third-order valence-electron chi connectivity index (χ3n) is 13.2. The van der Waals surface area contributed by atoms with Gasteiger partial charge in [0.05, 0.1) is 32.0 Å². The van der Waals surface area contributed by atoms with Gasteiger partial charge in [0.2, 0.25) is 11.8 Å². The number of benzene rings is 2. The number of aromatic nitrogens is 2. The minimum atomic E-state index is -1.25. The molecule has 0 radical (unpaired) electrons. The molecule has 1 unspecified atom stereocenters. The van der Waals surface area contributed by atoms with Crippen LogP contribution in [0.2, 0.25) is 0 Å². The zero-order valence-electron chi connectivity index (χ0n) is 34.1. The van der Waals surface area contributed by atoms with Crippen LogP contribution in [0, 0.1) is 30.0 Å². The number of carbonyl (C=O) groups is 5. The molecule has 5 amide bonds. The standard InChI is InChI=1S/C45H50FN7O6S/c1-24-15-28(46)16-34(48-24)39(55)49-32-18-36-33(17-30(32)44(2,3)59)50-41(60-36)27-9-7-25(8-10-27)21-52-22-45(23-52)19-26(20-45)13-14-47-31-6-4-5-29-38(31)43(58)53(42(29)57)35-11-12-37(54)51-40(35)56/h4-6,15-18,25-27,35,47,59H,7-14,19-23H2,1-3H3,(H,49,55)(H,51,54,56). The van der Waals surface area contributed by atoms with Crippen LogP contribution in [0.5, 0.6) is 0 Å². The molecule has 2 aromatic carbocycles. The number of anilines is 2. The monoisotopic (exact) mass is 835 g/mol. The molecule has 314 valence electrons. The van der Waals surface area contributed by atoms with E-state index in [4.69, 9.17) is 4.98 Å². The Balaban J connectivity index is 0.732. The van der Waals surface area contributed by atoms with Crippen LogP contribution in [0.15, 0.2) is 42.5 Å². The second-order valence-corrected chi connectivity index (χ2v) is 19.4. The number of rotatable bonds is 11. The molecule has 4 aromatic rings. The topological polar surface area (TPSA) is 174 Å². The van der Waals surface area contributed by atoms with E-state index in [1.165, 1.54) is 18.9 Å². The van der Waals surface area contributed by atoms with Crippen molar-refractivity contribution in [3.63, 3.8) is 0 Å². The van der Waals surface area contributed by atoms with Crippen molar-refractivity contribution in [3.05, 3.63) is 81.4 Å². The molecule has 15 heteroatoms. The number of nitrogens with zero attached hydrogens (tertiary/aromatic N) is 4. The Labute approximate surface area is 351 Å². The fourth-order valence-corrected chi connectivity index (χ4v) is 11.6. The number of halogens is 1. The predicted molar refractivity (Wildman–Crippen MR) is 224 cm³/mol. The van der Waals surface area contributed by atoms with Gasteiger partial charge in [0.25, 0.3) is 17.7 Å². The van der Waals surface area contributed by atoms with Crippen molar-refractivity contribution in [2.45, 2.75) is 96.1 Å². The van der Waals surface area contributed by atoms with Gasteiger partial charge in [-0.2, -0.15) is 0 Å². The Morgan fingerprint density at radius 1 is 0.983 bits per heavy atom. The van der Waals surface area contributed by atoms with Gasteiger partial charge in [0.1, 0.15) is 17.6 Å². The summed E-state index contributed by atoms with van der Waals surface area (Å²) in [5, 5.41) is 20.6. The minimum absolute atomic E-state index is 0.0255. The highest BCUT2D eigenvalue weighted by Crippen LogP contribution is 2.53. The van der Waals surface area contributed by atoms with E-state index in [1.54, 1.807) is 50.3 Å². The molecular formula is C45H50FN7O6S. The first-order chi connectivity index (χ1) is 28.6. The number of imide groups is 2. The van der Waals surface area contributed by atoms with Crippen LogP contribution in [0.3, 0.4) is 0 Å². The number of fused-ring (bicyclic) bond motifs is 2. The van der Waals surface area contributed by atoms with Gasteiger partial charge in [-0.05, 0) is 120 Å². The number of thiazole rings is 1. The number of aryl methyl sites for hydroxylation is 1. The first kappa shape index (κ1) is 40.3. The molecule has 4 fully saturated rings. The minimum Gasteiger partial charge on any atom is -0.386 e. The summed E-state index contributed by atoms with van der Waals surface area (Å²) in [6.07, 6.45) is 8.04. The first-order valence-electron chi connectivity index (χ1n) is 21.1. The zero-order valence-corrected chi connectivity index (χ0v) is 34.9. The number of likely N-dealkylation sites (tertiary alicyclic amines) is 1. The smallest absolute Gasteiger partial charge is 0.274 e. The van der Waals surface area contributed by atoms with Gasteiger partial charge in [-0.3, -0.25) is 34.2 Å².